The molecule has 0 amide bonds. The predicted octanol–water partition coefficient (Wildman–Crippen LogP) is 6.84. The zero-order chi connectivity index (χ0) is 28.0. The van der Waals surface area contributed by atoms with Crippen LogP contribution in [0.25, 0.3) is 22.3 Å². The molecule has 0 aromatic carbocycles. The normalized spacial score (nSPS) is 19.6. The molecular formula is C30H41FN8. The number of piperidine rings is 1. The highest BCUT2D eigenvalue weighted by atomic mass is 19.1. The van der Waals surface area contributed by atoms with Crippen LogP contribution in [0.4, 0.5) is 16.0 Å². The van der Waals surface area contributed by atoms with Crippen LogP contribution in [0.2, 0.25) is 0 Å². The van der Waals surface area contributed by atoms with Gasteiger partial charge in [-0.1, -0.05) is 34.1 Å². The number of aliphatic imine (C=N–C) groups is 1. The van der Waals surface area contributed by atoms with Gasteiger partial charge in [-0.3, -0.25) is 4.98 Å². The molecule has 4 heterocycles. The highest BCUT2D eigenvalue weighted by Crippen LogP contribution is 2.42. The van der Waals surface area contributed by atoms with E-state index in [1.165, 1.54) is 31.0 Å². The van der Waals surface area contributed by atoms with Crippen molar-refractivity contribution in [2.45, 2.75) is 79.2 Å². The molecular weight excluding hydrogens is 491 g/mol. The summed E-state index contributed by atoms with van der Waals surface area (Å²) in [5.41, 5.74) is 3.20. The number of nitrogens with one attached hydrogen (secondary N) is 3. The van der Waals surface area contributed by atoms with Crippen LogP contribution in [-0.2, 0) is 0 Å². The van der Waals surface area contributed by atoms with Crippen LogP contribution in [0.5, 0.6) is 0 Å². The van der Waals surface area contributed by atoms with Crippen molar-refractivity contribution in [2.24, 2.45) is 10.4 Å². The molecule has 0 bridgehead atoms. The Labute approximate surface area is 231 Å². The summed E-state index contributed by atoms with van der Waals surface area (Å²) in [4.78, 5) is 22.6. The lowest BCUT2D eigenvalue weighted by molar-refractivity contribution is 0.236. The number of hydrogen-bond acceptors (Lipinski definition) is 8. The lowest BCUT2D eigenvalue weighted by Gasteiger charge is -2.40. The second-order valence-corrected chi connectivity index (χ2v) is 10.7. The maximum absolute atomic E-state index is 14.1. The van der Waals surface area contributed by atoms with Gasteiger partial charge in [0.05, 0.1) is 17.4 Å². The molecule has 8 nitrogen and oxygen atoms in total. The molecule has 3 aromatic heterocycles. The smallest absolute Gasteiger partial charge is 0.231 e. The van der Waals surface area contributed by atoms with Gasteiger partial charge in [-0.05, 0) is 68.7 Å². The Morgan fingerprint density at radius 2 is 1.97 bits per heavy atom. The molecule has 2 fully saturated rings. The maximum Gasteiger partial charge on any atom is 0.231 e. The van der Waals surface area contributed by atoms with Gasteiger partial charge >= 0.3 is 0 Å². The highest BCUT2D eigenvalue weighted by Gasteiger charge is 2.33. The monoisotopic (exact) mass is 532 g/mol. The minimum absolute atomic E-state index is 0.0714. The number of rotatable bonds is 7. The van der Waals surface area contributed by atoms with Crippen LogP contribution in [0.15, 0.2) is 47.4 Å². The van der Waals surface area contributed by atoms with Gasteiger partial charge in [0.1, 0.15) is 11.6 Å². The molecule has 9 heteroatoms. The van der Waals surface area contributed by atoms with E-state index in [2.05, 4.69) is 44.8 Å². The van der Waals surface area contributed by atoms with Crippen LogP contribution in [0.3, 0.4) is 0 Å². The first-order valence-corrected chi connectivity index (χ1v) is 14.1. The first-order valence-electron chi connectivity index (χ1n) is 14.1. The molecule has 208 valence electrons. The Kier molecular flexibility index (Phi) is 9.22. The quantitative estimate of drug-likeness (QED) is 0.226. The third kappa shape index (κ3) is 6.41. The van der Waals surface area contributed by atoms with E-state index >= 15 is 0 Å². The third-order valence-corrected chi connectivity index (χ3v) is 7.51. The fraction of sp³-hybridized carbons (Fsp3) is 0.500. The van der Waals surface area contributed by atoms with Crippen LogP contribution in [0.1, 0.15) is 78.7 Å². The summed E-state index contributed by atoms with van der Waals surface area (Å²) in [6.07, 6.45) is 11.5. The standard InChI is InChI=1S/C28H35FN8.C2H6/c1-5-32-25(29)17(2)34-23-13-19(9-12-33-23)26-35-21-15-31-14-20(18-7-6-8-18)24(21)27(37-26)36-22-10-11-30-16-28(22,3)4;1-2/h5,9,12-15,18,22,30H,6-8,10-11,16H2,1-4H3,(H,33,34)(H,35,36,37);1-2H3/b25-17+,32-5-;. The summed E-state index contributed by atoms with van der Waals surface area (Å²) >= 11 is 0. The van der Waals surface area contributed by atoms with Gasteiger partial charge in [-0.25, -0.2) is 19.9 Å². The summed E-state index contributed by atoms with van der Waals surface area (Å²) in [6, 6.07) is 3.97. The van der Waals surface area contributed by atoms with E-state index in [9.17, 15) is 4.39 Å². The molecule has 0 radical (unpaired) electrons. The number of allylic oxidation sites excluding steroid dienone is 1. The van der Waals surface area contributed by atoms with E-state index in [1.807, 2.05) is 38.4 Å². The molecule has 3 N–H and O–H groups in total. The largest absolute Gasteiger partial charge is 0.366 e. The van der Waals surface area contributed by atoms with Crippen molar-refractivity contribution < 1.29 is 4.39 Å². The lowest BCUT2D eigenvalue weighted by Crippen LogP contribution is -2.49. The number of aromatic nitrogens is 4. The molecule has 1 aliphatic heterocycles. The molecule has 0 spiro atoms. The average molecular weight is 533 g/mol. The number of anilines is 2. The van der Waals surface area contributed by atoms with Crippen LogP contribution < -0.4 is 16.0 Å². The zero-order valence-electron chi connectivity index (χ0n) is 24.0. The summed E-state index contributed by atoms with van der Waals surface area (Å²) in [6.45, 7) is 13.8. The predicted molar refractivity (Wildman–Crippen MR) is 159 cm³/mol. The van der Waals surface area contributed by atoms with Crippen molar-refractivity contribution >= 4 is 28.8 Å². The Morgan fingerprint density at radius 1 is 1.18 bits per heavy atom. The van der Waals surface area contributed by atoms with Gasteiger partial charge in [0, 0.05) is 42.1 Å². The SMILES string of the molecule is C/C=N\C(F)=C(/C)Nc1cc(-c2nc(NC3CCNCC3(C)C)c3c(C4CCC4)cncc3n2)ccn1.CC. The summed E-state index contributed by atoms with van der Waals surface area (Å²) < 4.78 is 14.1. The minimum Gasteiger partial charge on any atom is -0.366 e. The summed E-state index contributed by atoms with van der Waals surface area (Å²) in [7, 11) is 0. The average Bonchev–Trinajstić information content (AvgIpc) is 2.90. The molecule has 1 saturated carbocycles. The fourth-order valence-electron chi connectivity index (χ4n) is 5.07. The number of halogens is 1. The van der Waals surface area contributed by atoms with Gasteiger partial charge in [0.25, 0.3) is 0 Å². The Balaban J connectivity index is 0.00000172. The van der Waals surface area contributed by atoms with Crippen molar-refractivity contribution in [3.05, 3.63) is 47.9 Å². The van der Waals surface area contributed by atoms with Crippen molar-refractivity contribution in [2.75, 3.05) is 23.7 Å². The Hall–Kier alpha value is -3.46. The topological polar surface area (TPSA) is 100 Å². The van der Waals surface area contributed by atoms with E-state index in [0.29, 0.717) is 17.6 Å². The van der Waals surface area contributed by atoms with Gasteiger partial charge in [0.15, 0.2) is 5.82 Å². The molecule has 1 saturated heterocycles. The zero-order valence-corrected chi connectivity index (χ0v) is 24.0. The molecule has 1 aliphatic carbocycles. The summed E-state index contributed by atoms with van der Waals surface area (Å²) in [5, 5.41) is 11.4. The van der Waals surface area contributed by atoms with Gasteiger partial charge < -0.3 is 16.0 Å². The van der Waals surface area contributed by atoms with Gasteiger partial charge in [-0.2, -0.15) is 4.39 Å². The molecule has 2 aliphatic rings. The van der Waals surface area contributed by atoms with Gasteiger partial charge in [-0.15, -0.1) is 0 Å². The van der Waals surface area contributed by atoms with Crippen molar-refractivity contribution in [1.82, 2.24) is 25.3 Å². The minimum atomic E-state index is -0.581. The van der Waals surface area contributed by atoms with E-state index < -0.39 is 5.95 Å². The number of pyridine rings is 2. The second-order valence-electron chi connectivity index (χ2n) is 10.7. The van der Waals surface area contributed by atoms with E-state index in [4.69, 9.17) is 9.97 Å². The lowest BCUT2D eigenvalue weighted by atomic mass is 9.78. The molecule has 1 unspecified atom stereocenters. The van der Waals surface area contributed by atoms with E-state index in [-0.39, 0.29) is 17.2 Å². The maximum atomic E-state index is 14.1. The van der Waals surface area contributed by atoms with Crippen LogP contribution in [0, 0.1) is 5.41 Å². The first-order chi connectivity index (χ1) is 18.9. The third-order valence-electron chi connectivity index (χ3n) is 7.51. The van der Waals surface area contributed by atoms with Crippen molar-refractivity contribution in [1.29, 1.82) is 0 Å². The molecule has 3 aromatic rings. The van der Waals surface area contributed by atoms with Crippen LogP contribution in [-0.4, -0.2) is 45.3 Å². The van der Waals surface area contributed by atoms with Crippen LogP contribution >= 0.6 is 0 Å². The summed E-state index contributed by atoms with van der Waals surface area (Å²) in [5.74, 6) is 1.85. The van der Waals surface area contributed by atoms with E-state index in [1.54, 1.807) is 20.0 Å². The second kappa shape index (κ2) is 12.6. The van der Waals surface area contributed by atoms with Gasteiger partial charge in [0.2, 0.25) is 5.95 Å². The van der Waals surface area contributed by atoms with Crippen molar-refractivity contribution in [3.63, 3.8) is 0 Å². The Bertz CT molecular complexity index is 1350. The Morgan fingerprint density at radius 3 is 2.67 bits per heavy atom. The molecule has 39 heavy (non-hydrogen) atoms. The molecule has 5 rings (SSSR count). The number of fused-ring (bicyclic) bond motifs is 1. The number of nitrogens with zero attached hydrogens (tertiary/aromatic N) is 5. The first kappa shape index (κ1) is 28.5. The van der Waals surface area contributed by atoms with Crippen molar-refractivity contribution in [3.8, 4) is 11.4 Å². The fourth-order valence-corrected chi connectivity index (χ4v) is 5.07. The molecule has 1 atom stereocenters. The highest BCUT2D eigenvalue weighted by molar-refractivity contribution is 5.93. The van der Waals surface area contributed by atoms with E-state index in [0.717, 1.165) is 41.8 Å². The number of hydrogen-bond donors (Lipinski definition) is 3.